The molecule has 0 spiro atoms. The molecular formula is C14H19NO3. The van der Waals surface area contributed by atoms with Crippen LogP contribution >= 0.6 is 0 Å². The number of carbonyl (C=O) groups is 1. The summed E-state index contributed by atoms with van der Waals surface area (Å²) in [6, 6.07) is 7.56. The van der Waals surface area contributed by atoms with Crippen LogP contribution in [-0.4, -0.2) is 31.3 Å². The number of anilines is 1. The second-order valence-corrected chi connectivity index (χ2v) is 4.10. The van der Waals surface area contributed by atoms with Gasteiger partial charge in [0.15, 0.2) is 0 Å². The lowest BCUT2D eigenvalue weighted by atomic mass is 10.1. The maximum Gasteiger partial charge on any atom is 0.308 e. The van der Waals surface area contributed by atoms with Gasteiger partial charge in [0.25, 0.3) is 0 Å². The van der Waals surface area contributed by atoms with E-state index in [0.717, 1.165) is 11.4 Å². The van der Waals surface area contributed by atoms with Gasteiger partial charge in [-0.05, 0) is 12.1 Å². The van der Waals surface area contributed by atoms with Crippen molar-refractivity contribution in [3.63, 3.8) is 0 Å². The second-order valence-electron chi connectivity index (χ2n) is 4.10. The Kier molecular flexibility index (Phi) is 5.24. The number of methoxy groups -OCH3 is 1. The summed E-state index contributed by atoms with van der Waals surface area (Å²) in [7, 11) is 1.60. The number of carboxylic acids is 1. The van der Waals surface area contributed by atoms with Gasteiger partial charge in [0, 0.05) is 13.1 Å². The van der Waals surface area contributed by atoms with Gasteiger partial charge in [-0.2, -0.15) is 0 Å². The number of carboxylic acid groups (broad SMARTS) is 1. The first kappa shape index (κ1) is 14.1. The molecule has 18 heavy (non-hydrogen) atoms. The van der Waals surface area contributed by atoms with E-state index in [-0.39, 0.29) is 0 Å². The minimum atomic E-state index is -0.807. The summed E-state index contributed by atoms with van der Waals surface area (Å²) in [5.74, 6) is -0.522. The molecule has 98 valence electrons. The second kappa shape index (κ2) is 6.69. The Bertz CT molecular complexity index is 417. The largest absolute Gasteiger partial charge is 0.495 e. The van der Waals surface area contributed by atoms with Crippen molar-refractivity contribution in [1.29, 1.82) is 0 Å². The van der Waals surface area contributed by atoms with E-state index in [1.807, 2.05) is 29.2 Å². The van der Waals surface area contributed by atoms with Gasteiger partial charge >= 0.3 is 5.97 Å². The highest BCUT2D eigenvalue weighted by Gasteiger charge is 2.17. The van der Waals surface area contributed by atoms with Gasteiger partial charge in [0.1, 0.15) is 5.75 Å². The molecular weight excluding hydrogens is 230 g/mol. The number of para-hydroxylation sites is 2. The third-order valence-corrected chi connectivity index (χ3v) is 2.69. The van der Waals surface area contributed by atoms with Gasteiger partial charge in [0.05, 0.1) is 18.7 Å². The van der Waals surface area contributed by atoms with E-state index in [2.05, 4.69) is 6.58 Å². The van der Waals surface area contributed by atoms with Crippen LogP contribution in [-0.2, 0) is 4.79 Å². The molecule has 0 heterocycles. The number of hydrogen-bond acceptors (Lipinski definition) is 3. The van der Waals surface area contributed by atoms with Crippen molar-refractivity contribution in [2.24, 2.45) is 5.92 Å². The van der Waals surface area contributed by atoms with Gasteiger partial charge in [-0.1, -0.05) is 25.1 Å². The third kappa shape index (κ3) is 3.52. The molecule has 0 aliphatic rings. The van der Waals surface area contributed by atoms with E-state index in [1.54, 1.807) is 20.1 Å². The van der Waals surface area contributed by atoms with Crippen LogP contribution in [0.15, 0.2) is 36.9 Å². The molecule has 1 aromatic rings. The molecule has 1 atom stereocenters. The molecule has 0 saturated heterocycles. The monoisotopic (exact) mass is 249 g/mol. The fraction of sp³-hybridized carbons (Fsp3) is 0.357. The van der Waals surface area contributed by atoms with Crippen LogP contribution in [0.25, 0.3) is 0 Å². The highest BCUT2D eigenvalue weighted by molar-refractivity contribution is 5.71. The van der Waals surface area contributed by atoms with Crippen LogP contribution in [0.5, 0.6) is 5.75 Å². The van der Waals surface area contributed by atoms with Crippen molar-refractivity contribution in [3.8, 4) is 5.75 Å². The van der Waals surface area contributed by atoms with Crippen molar-refractivity contribution in [2.45, 2.75) is 6.92 Å². The minimum absolute atomic E-state index is 0.418. The van der Waals surface area contributed by atoms with Crippen molar-refractivity contribution in [3.05, 3.63) is 36.9 Å². The topological polar surface area (TPSA) is 49.8 Å². The molecule has 0 aromatic heterocycles. The zero-order chi connectivity index (χ0) is 13.5. The van der Waals surface area contributed by atoms with Gasteiger partial charge in [0.2, 0.25) is 0 Å². The zero-order valence-corrected chi connectivity index (χ0v) is 10.8. The minimum Gasteiger partial charge on any atom is -0.495 e. The normalized spacial score (nSPS) is 11.7. The number of rotatable bonds is 7. The summed E-state index contributed by atoms with van der Waals surface area (Å²) in [5, 5.41) is 8.99. The maximum atomic E-state index is 10.9. The highest BCUT2D eigenvalue weighted by Crippen LogP contribution is 2.28. The molecule has 0 fully saturated rings. The summed E-state index contributed by atoms with van der Waals surface area (Å²) in [5.41, 5.74) is 0.882. The van der Waals surface area contributed by atoms with E-state index >= 15 is 0 Å². The molecule has 1 aromatic carbocycles. The summed E-state index contributed by atoms with van der Waals surface area (Å²) in [6.45, 7) is 6.39. The number of ether oxygens (including phenoxy) is 1. The standard InChI is InChI=1S/C14H19NO3/c1-4-9-15(10-11(2)14(16)17)12-7-5-6-8-13(12)18-3/h4-8,11H,1,9-10H2,2-3H3,(H,16,17). The number of hydrogen-bond donors (Lipinski definition) is 1. The molecule has 4 heteroatoms. The van der Waals surface area contributed by atoms with E-state index in [0.29, 0.717) is 13.1 Å². The molecule has 0 saturated carbocycles. The predicted octanol–water partition coefficient (Wildman–Crippen LogP) is 2.41. The smallest absolute Gasteiger partial charge is 0.308 e. The number of nitrogens with zero attached hydrogens (tertiary/aromatic N) is 1. The van der Waals surface area contributed by atoms with Gasteiger partial charge in [-0.25, -0.2) is 0 Å². The lowest BCUT2D eigenvalue weighted by molar-refractivity contribution is -0.140. The molecule has 0 amide bonds. The Morgan fingerprint density at radius 1 is 1.56 bits per heavy atom. The van der Waals surface area contributed by atoms with Crippen LogP contribution in [0, 0.1) is 5.92 Å². The molecule has 4 nitrogen and oxygen atoms in total. The fourth-order valence-electron chi connectivity index (χ4n) is 1.73. The summed E-state index contributed by atoms with van der Waals surface area (Å²) in [4.78, 5) is 12.9. The van der Waals surface area contributed by atoms with Crippen LogP contribution in [0.3, 0.4) is 0 Å². The number of aliphatic carboxylic acids is 1. The maximum absolute atomic E-state index is 10.9. The molecule has 1 unspecified atom stereocenters. The van der Waals surface area contributed by atoms with Crippen LogP contribution < -0.4 is 9.64 Å². The average Bonchev–Trinajstić information content (AvgIpc) is 2.38. The van der Waals surface area contributed by atoms with Crippen molar-refractivity contribution < 1.29 is 14.6 Å². The van der Waals surface area contributed by atoms with E-state index in [4.69, 9.17) is 9.84 Å². The average molecular weight is 249 g/mol. The van der Waals surface area contributed by atoms with Crippen LogP contribution in [0.4, 0.5) is 5.69 Å². The van der Waals surface area contributed by atoms with Crippen molar-refractivity contribution >= 4 is 11.7 Å². The van der Waals surface area contributed by atoms with E-state index in [1.165, 1.54) is 0 Å². The highest BCUT2D eigenvalue weighted by atomic mass is 16.5. The molecule has 0 aliphatic heterocycles. The molecule has 1 rings (SSSR count). The summed E-state index contributed by atoms with van der Waals surface area (Å²) < 4.78 is 5.29. The van der Waals surface area contributed by atoms with Crippen LogP contribution in [0.1, 0.15) is 6.92 Å². The van der Waals surface area contributed by atoms with Crippen molar-refractivity contribution in [1.82, 2.24) is 0 Å². The van der Waals surface area contributed by atoms with Gasteiger partial charge in [-0.3, -0.25) is 4.79 Å². The fourth-order valence-corrected chi connectivity index (χ4v) is 1.73. The first-order chi connectivity index (χ1) is 8.60. The van der Waals surface area contributed by atoms with Crippen molar-refractivity contribution in [2.75, 3.05) is 25.1 Å². The molecule has 0 aliphatic carbocycles. The zero-order valence-electron chi connectivity index (χ0n) is 10.8. The van der Waals surface area contributed by atoms with Gasteiger partial charge < -0.3 is 14.7 Å². The molecule has 0 bridgehead atoms. The first-order valence-corrected chi connectivity index (χ1v) is 5.81. The predicted molar refractivity (Wildman–Crippen MR) is 72.2 cm³/mol. The Morgan fingerprint density at radius 2 is 2.22 bits per heavy atom. The SMILES string of the molecule is C=CCN(CC(C)C(=O)O)c1ccccc1OC. The van der Waals surface area contributed by atoms with E-state index in [9.17, 15) is 4.79 Å². The van der Waals surface area contributed by atoms with E-state index < -0.39 is 11.9 Å². The quantitative estimate of drug-likeness (QED) is 0.754. The molecule has 0 radical (unpaired) electrons. The van der Waals surface area contributed by atoms with Crippen LogP contribution in [0.2, 0.25) is 0 Å². The van der Waals surface area contributed by atoms with Gasteiger partial charge in [-0.15, -0.1) is 6.58 Å². The third-order valence-electron chi connectivity index (χ3n) is 2.69. The Labute approximate surface area is 107 Å². The molecule has 1 N–H and O–H groups in total. The number of benzene rings is 1. The Hall–Kier alpha value is -1.97. The summed E-state index contributed by atoms with van der Waals surface area (Å²) in [6.07, 6.45) is 1.75. The Balaban J connectivity index is 2.96. The Morgan fingerprint density at radius 3 is 2.78 bits per heavy atom. The lowest BCUT2D eigenvalue weighted by Crippen LogP contribution is -2.32. The summed E-state index contributed by atoms with van der Waals surface area (Å²) >= 11 is 0. The lowest BCUT2D eigenvalue weighted by Gasteiger charge is -2.26. The first-order valence-electron chi connectivity index (χ1n) is 5.81.